The van der Waals surface area contributed by atoms with Crippen LogP contribution in [0.5, 0.6) is 5.75 Å². The fourth-order valence-corrected chi connectivity index (χ4v) is 2.67. The molecule has 1 heterocycles. The van der Waals surface area contributed by atoms with E-state index in [0.717, 1.165) is 5.39 Å². The Morgan fingerprint density at radius 2 is 1.76 bits per heavy atom. The van der Waals surface area contributed by atoms with E-state index < -0.39 is 12.7 Å². The first kappa shape index (κ1) is 17.0. The van der Waals surface area contributed by atoms with Gasteiger partial charge < -0.3 is 9.84 Å². The molecule has 0 aliphatic rings. The van der Waals surface area contributed by atoms with Gasteiger partial charge in [-0.05, 0) is 30.7 Å². The van der Waals surface area contributed by atoms with Crippen molar-refractivity contribution < 1.29 is 18.6 Å². The van der Waals surface area contributed by atoms with Crippen LogP contribution in [0.3, 0.4) is 0 Å². The standard InChI is InChI=1S/C18H16F2N2O3/c1-11-14-4-2-3-5-15(14)17(24)22(21-11)10-16(23)12-6-8-13(9-7-12)25-18(19)20/h2-9,16,18,23H,10H2,1H3. The minimum Gasteiger partial charge on any atom is -0.435 e. The molecule has 0 fully saturated rings. The molecule has 1 atom stereocenters. The number of nitrogens with zero attached hydrogens (tertiary/aromatic N) is 2. The maximum absolute atomic E-state index is 12.5. The van der Waals surface area contributed by atoms with E-state index in [1.807, 2.05) is 12.1 Å². The molecule has 7 heteroatoms. The Balaban J connectivity index is 1.86. The average molecular weight is 346 g/mol. The molecule has 0 saturated carbocycles. The summed E-state index contributed by atoms with van der Waals surface area (Å²) < 4.78 is 29.8. The maximum Gasteiger partial charge on any atom is 0.387 e. The van der Waals surface area contributed by atoms with Gasteiger partial charge in [0.2, 0.25) is 0 Å². The number of aromatic nitrogens is 2. The SMILES string of the molecule is Cc1nn(CC(O)c2ccc(OC(F)F)cc2)c(=O)c2ccccc12. The predicted octanol–water partition coefficient (Wildman–Crippen LogP) is 3.04. The third-order valence-electron chi connectivity index (χ3n) is 3.89. The van der Waals surface area contributed by atoms with Gasteiger partial charge in [-0.2, -0.15) is 13.9 Å². The van der Waals surface area contributed by atoms with E-state index in [9.17, 15) is 18.7 Å². The zero-order valence-corrected chi connectivity index (χ0v) is 13.4. The van der Waals surface area contributed by atoms with Crippen LogP contribution in [0.15, 0.2) is 53.3 Å². The highest BCUT2D eigenvalue weighted by Crippen LogP contribution is 2.20. The molecule has 130 valence electrons. The van der Waals surface area contributed by atoms with Gasteiger partial charge in [0, 0.05) is 5.39 Å². The Kier molecular flexibility index (Phi) is 4.76. The zero-order chi connectivity index (χ0) is 18.0. The second-order valence-electron chi connectivity index (χ2n) is 5.58. The number of fused-ring (bicyclic) bond motifs is 1. The Bertz CT molecular complexity index is 939. The van der Waals surface area contributed by atoms with E-state index in [-0.39, 0.29) is 17.9 Å². The van der Waals surface area contributed by atoms with Crippen LogP contribution in [-0.2, 0) is 6.54 Å². The topological polar surface area (TPSA) is 64.3 Å². The molecular formula is C18H16F2N2O3. The lowest BCUT2D eigenvalue weighted by atomic mass is 10.1. The molecule has 0 aliphatic carbocycles. The molecule has 3 rings (SSSR count). The molecule has 0 aliphatic heterocycles. The number of benzene rings is 2. The highest BCUT2D eigenvalue weighted by atomic mass is 19.3. The lowest BCUT2D eigenvalue weighted by molar-refractivity contribution is -0.0498. The molecule has 3 aromatic rings. The summed E-state index contributed by atoms with van der Waals surface area (Å²) in [6.07, 6.45) is -1.01. The second-order valence-corrected chi connectivity index (χ2v) is 5.58. The van der Waals surface area contributed by atoms with Gasteiger partial charge >= 0.3 is 6.61 Å². The smallest absolute Gasteiger partial charge is 0.387 e. The van der Waals surface area contributed by atoms with E-state index in [2.05, 4.69) is 9.84 Å². The summed E-state index contributed by atoms with van der Waals surface area (Å²) in [5.74, 6) is 0.00258. The molecule has 1 N–H and O–H groups in total. The number of hydrogen-bond donors (Lipinski definition) is 1. The van der Waals surface area contributed by atoms with Crippen LogP contribution in [0.2, 0.25) is 0 Å². The number of aliphatic hydroxyl groups excluding tert-OH is 1. The number of halogens is 2. The second kappa shape index (κ2) is 6.98. The highest BCUT2D eigenvalue weighted by molar-refractivity contribution is 5.83. The van der Waals surface area contributed by atoms with Gasteiger partial charge in [0.15, 0.2) is 0 Å². The number of alkyl halides is 2. The summed E-state index contributed by atoms with van der Waals surface area (Å²) in [6.45, 7) is -1.15. The Morgan fingerprint density at radius 3 is 2.40 bits per heavy atom. The average Bonchev–Trinajstić information content (AvgIpc) is 2.59. The fraction of sp³-hybridized carbons (Fsp3) is 0.222. The van der Waals surface area contributed by atoms with Crippen LogP contribution in [0.25, 0.3) is 10.8 Å². The van der Waals surface area contributed by atoms with Gasteiger partial charge in [0.1, 0.15) is 5.75 Å². The molecule has 5 nitrogen and oxygen atoms in total. The lowest BCUT2D eigenvalue weighted by Crippen LogP contribution is -2.26. The highest BCUT2D eigenvalue weighted by Gasteiger charge is 2.14. The Labute approximate surface area is 142 Å². The molecule has 1 aromatic heterocycles. The number of rotatable bonds is 5. The first-order chi connectivity index (χ1) is 12.0. The Hall–Kier alpha value is -2.80. The monoisotopic (exact) mass is 346 g/mol. The lowest BCUT2D eigenvalue weighted by Gasteiger charge is -2.14. The molecule has 1 unspecified atom stereocenters. The summed E-state index contributed by atoms with van der Waals surface area (Å²) in [5.41, 5.74) is 0.863. The van der Waals surface area contributed by atoms with Crippen molar-refractivity contribution in [3.63, 3.8) is 0 Å². The van der Waals surface area contributed by atoms with Crippen LogP contribution in [0.1, 0.15) is 17.4 Å². The quantitative estimate of drug-likeness (QED) is 0.771. The molecular weight excluding hydrogens is 330 g/mol. The summed E-state index contributed by atoms with van der Waals surface area (Å²) >= 11 is 0. The first-order valence-electron chi connectivity index (χ1n) is 7.65. The van der Waals surface area contributed by atoms with Gasteiger partial charge in [-0.3, -0.25) is 4.79 Å². The number of aliphatic hydroxyl groups is 1. The van der Waals surface area contributed by atoms with Crippen molar-refractivity contribution in [2.45, 2.75) is 26.2 Å². The van der Waals surface area contributed by atoms with E-state index in [1.165, 1.54) is 28.9 Å². The third kappa shape index (κ3) is 3.66. The van der Waals surface area contributed by atoms with Crippen LogP contribution in [0, 0.1) is 6.92 Å². The minimum atomic E-state index is -2.90. The van der Waals surface area contributed by atoms with Crippen LogP contribution in [-0.4, -0.2) is 21.5 Å². The largest absolute Gasteiger partial charge is 0.435 e. The van der Waals surface area contributed by atoms with Crippen molar-refractivity contribution in [3.8, 4) is 5.75 Å². The van der Waals surface area contributed by atoms with Crippen molar-refractivity contribution in [3.05, 3.63) is 70.1 Å². The molecule has 0 bridgehead atoms. The molecule has 0 amide bonds. The van der Waals surface area contributed by atoms with Gasteiger partial charge in [-0.15, -0.1) is 0 Å². The van der Waals surface area contributed by atoms with Crippen LogP contribution >= 0.6 is 0 Å². The van der Waals surface area contributed by atoms with Crippen molar-refractivity contribution in [2.75, 3.05) is 0 Å². The van der Waals surface area contributed by atoms with E-state index in [1.54, 1.807) is 19.1 Å². The maximum atomic E-state index is 12.5. The van der Waals surface area contributed by atoms with Crippen molar-refractivity contribution >= 4 is 10.8 Å². The van der Waals surface area contributed by atoms with Gasteiger partial charge in [0.05, 0.1) is 23.7 Å². The van der Waals surface area contributed by atoms with Gasteiger partial charge in [-0.1, -0.05) is 30.3 Å². The normalized spacial score (nSPS) is 12.5. The van der Waals surface area contributed by atoms with Crippen molar-refractivity contribution in [1.82, 2.24) is 9.78 Å². The van der Waals surface area contributed by atoms with Gasteiger partial charge in [0.25, 0.3) is 5.56 Å². The Morgan fingerprint density at radius 1 is 1.12 bits per heavy atom. The first-order valence-corrected chi connectivity index (χ1v) is 7.65. The minimum absolute atomic E-state index is 0.00258. The molecule has 2 aromatic carbocycles. The van der Waals surface area contributed by atoms with E-state index in [0.29, 0.717) is 16.6 Å². The van der Waals surface area contributed by atoms with Gasteiger partial charge in [-0.25, -0.2) is 4.68 Å². The van der Waals surface area contributed by atoms with E-state index in [4.69, 9.17) is 0 Å². The number of ether oxygens (including phenoxy) is 1. The van der Waals surface area contributed by atoms with E-state index >= 15 is 0 Å². The third-order valence-corrected chi connectivity index (χ3v) is 3.89. The fourth-order valence-electron chi connectivity index (χ4n) is 2.67. The molecule has 0 spiro atoms. The van der Waals surface area contributed by atoms with Crippen molar-refractivity contribution in [1.29, 1.82) is 0 Å². The number of hydrogen-bond acceptors (Lipinski definition) is 4. The summed E-state index contributed by atoms with van der Waals surface area (Å²) in [4.78, 5) is 12.5. The van der Waals surface area contributed by atoms with Crippen LogP contribution in [0.4, 0.5) is 8.78 Å². The van der Waals surface area contributed by atoms with Crippen LogP contribution < -0.4 is 10.3 Å². The molecule has 0 radical (unpaired) electrons. The molecule has 0 saturated heterocycles. The zero-order valence-electron chi connectivity index (χ0n) is 13.4. The summed E-state index contributed by atoms with van der Waals surface area (Å²) in [6, 6.07) is 12.8. The summed E-state index contributed by atoms with van der Waals surface area (Å²) in [5, 5.41) is 15.9. The number of aryl methyl sites for hydroxylation is 1. The summed E-state index contributed by atoms with van der Waals surface area (Å²) in [7, 11) is 0. The predicted molar refractivity (Wildman–Crippen MR) is 88.8 cm³/mol. The molecule has 25 heavy (non-hydrogen) atoms. The van der Waals surface area contributed by atoms with Crippen molar-refractivity contribution in [2.24, 2.45) is 0 Å².